The van der Waals surface area contributed by atoms with Gasteiger partial charge in [0, 0.05) is 101 Å². The van der Waals surface area contributed by atoms with Gasteiger partial charge in [0.1, 0.15) is 23.9 Å². The van der Waals surface area contributed by atoms with Crippen LogP contribution in [-0.4, -0.2) is 139 Å². The second-order valence-electron chi connectivity index (χ2n) is 21.6. The van der Waals surface area contributed by atoms with Crippen LogP contribution >= 0.6 is 0 Å². The molecule has 4 N–H and O–H groups in total. The summed E-state index contributed by atoms with van der Waals surface area (Å²) in [6, 6.07) is 35.0. The number of piperidine rings is 1. The summed E-state index contributed by atoms with van der Waals surface area (Å²) in [6.07, 6.45) is -0.680. The largest absolute Gasteiger partial charge is 0.508 e. The molecule has 5 aromatic carbocycles. The van der Waals surface area contributed by atoms with Gasteiger partial charge in [-0.05, 0) is 97.5 Å². The van der Waals surface area contributed by atoms with E-state index in [1.165, 1.54) is 27.0 Å². The molecule has 2 fully saturated rings. The Kier molecular flexibility index (Phi) is 16.9. The smallest absolute Gasteiger partial charge is 0.405 e. The van der Waals surface area contributed by atoms with E-state index in [1.807, 2.05) is 35.5 Å². The molecule has 1 atom stereocenters. The number of halogens is 3. The third-order valence-corrected chi connectivity index (χ3v) is 15.8. The number of fused-ring (bicyclic) bond motifs is 2. The standard InChI is InChI=1S/C61H66F3N13O5/c1-39-31-50(54(80)33-53(39)79)57-70-71-58(59(82)67-38-61(62,63)64)77(57)46-17-15-44(16-18-46)35-72(3)34-43-13-11-41(12-14-43)32-42-21-26-73(27-22-42)55(81)20-25-66-60-68-51-37-74(52-10-6-8-45-7-4-5-9-48(45)52)28-23-49(51)56(69-60)75-29-30-76(40(2)78)47(36-75)19-24-65/h4-18,31,33,42,47,79-80H,19-23,25-30,32,34-38H2,1-3H3,(H,67,82)(H,66,68,69)/t47-/m1/s1. The van der Waals surface area contributed by atoms with Crippen molar-refractivity contribution in [2.24, 2.45) is 5.92 Å². The highest BCUT2D eigenvalue weighted by molar-refractivity contribution is 5.94. The lowest BCUT2D eigenvalue weighted by molar-refractivity contribution is -0.132. The summed E-state index contributed by atoms with van der Waals surface area (Å²) in [7, 11) is 2.00. The van der Waals surface area contributed by atoms with Crippen LogP contribution in [0.15, 0.2) is 103 Å². The number of nitrogens with one attached hydrogen (secondary N) is 2. The van der Waals surface area contributed by atoms with E-state index in [4.69, 9.17) is 9.97 Å². The van der Waals surface area contributed by atoms with E-state index in [2.05, 4.69) is 96.9 Å². The number of rotatable bonds is 17. The van der Waals surface area contributed by atoms with E-state index < -0.39 is 24.5 Å². The number of carbonyl (C=O) groups excluding carboxylic acids is 3. The van der Waals surface area contributed by atoms with Crippen molar-refractivity contribution in [2.45, 2.75) is 84.2 Å². The number of alkyl halides is 3. The third kappa shape index (κ3) is 13.0. The summed E-state index contributed by atoms with van der Waals surface area (Å²) < 4.78 is 40.4. The number of likely N-dealkylation sites (tertiary alicyclic amines) is 1. The van der Waals surface area contributed by atoms with E-state index in [9.17, 15) is 43.0 Å². The second kappa shape index (κ2) is 24.5. The lowest BCUT2D eigenvalue weighted by Crippen LogP contribution is -2.55. The second-order valence-corrected chi connectivity index (χ2v) is 21.6. The minimum Gasteiger partial charge on any atom is -0.508 e. The van der Waals surface area contributed by atoms with Crippen LogP contribution in [0.5, 0.6) is 11.5 Å². The van der Waals surface area contributed by atoms with Gasteiger partial charge in [-0.2, -0.15) is 23.4 Å². The van der Waals surface area contributed by atoms with Crippen LogP contribution in [-0.2, 0) is 42.1 Å². The maximum absolute atomic E-state index is 13.7. The zero-order chi connectivity index (χ0) is 57.7. The third-order valence-electron chi connectivity index (χ3n) is 15.8. The van der Waals surface area contributed by atoms with Crippen molar-refractivity contribution < 1.29 is 37.8 Å². The van der Waals surface area contributed by atoms with Crippen molar-refractivity contribution in [3.05, 3.63) is 142 Å². The molecule has 0 radical (unpaired) electrons. The number of carbonyl (C=O) groups is 3. The van der Waals surface area contributed by atoms with Gasteiger partial charge in [0.15, 0.2) is 5.82 Å². The van der Waals surface area contributed by atoms with Crippen LogP contribution < -0.4 is 20.4 Å². The van der Waals surface area contributed by atoms with Gasteiger partial charge >= 0.3 is 6.18 Å². The number of anilines is 3. The highest BCUT2D eigenvalue weighted by Crippen LogP contribution is 2.37. The fourth-order valence-electron chi connectivity index (χ4n) is 11.5. The molecule has 0 bridgehead atoms. The number of amides is 3. The molecule has 2 saturated heterocycles. The van der Waals surface area contributed by atoms with E-state index in [1.54, 1.807) is 30.9 Å². The van der Waals surface area contributed by atoms with Crippen LogP contribution in [0.4, 0.5) is 30.6 Å². The minimum absolute atomic E-state index is 0.00163. The molecule has 7 aromatic rings. The van der Waals surface area contributed by atoms with Gasteiger partial charge in [0.25, 0.3) is 5.91 Å². The number of nitrogens with zero attached hydrogens (tertiary/aromatic N) is 11. The van der Waals surface area contributed by atoms with Crippen molar-refractivity contribution in [1.82, 2.24) is 44.7 Å². The summed E-state index contributed by atoms with van der Waals surface area (Å²) in [5.41, 5.74) is 7.33. The monoisotopic (exact) mass is 1120 g/mol. The molecular weight excluding hydrogens is 1050 g/mol. The first-order chi connectivity index (χ1) is 39.5. The molecule has 3 aliphatic heterocycles. The van der Waals surface area contributed by atoms with Crippen molar-refractivity contribution in [3.8, 4) is 34.6 Å². The molecule has 0 aliphatic carbocycles. The van der Waals surface area contributed by atoms with Crippen molar-refractivity contribution in [3.63, 3.8) is 0 Å². The van der Waals surface area contributed by atoms with Crippen LogP contribution in [0.3, 0.4) is 0 Å². The molecule has 2 aromatic heterocycles. The number of piperazine rings is 1. The lowest BCUT2D eigenvalue weighted by atomic mass is 9.90. The van der Waals surface area contributed by atoms with Gasteiger partial charge in [-0.1, -0.05) is 72.8 Å². The first-order valence-corrected chi connectivity index (χ1v) is 27.7. The van der Waals surface area contributed by atoms with Crippen molar-refractivity contribution in [1.29, 1.82) is 5.26 Å². The van der Waals surface area contributed by atoms with Gasteiger partial charge in [-0.25, -0.2) is 4.98 Å². The Bertz CT molecular complexity index is 3500. The number of aromatic hydroxyl groups is 2. The van der Waals surface area contributed by atoms with E-state index in [-0.39, 0.29) is 47.2 Å². The van der Waals surface area contributed by atoms with Gasteiger partial charge < -0.3 is 40.4 Å². The summed E-state index contributed by atoms with van der Waals surface area (Å²) in [4.78, 5) is 59.8. The average molecular weight is 1120 g/mol. The molecule has 0 saturated carbocycles. The molecule has 21 heteroatoms. The van der Waals surface area contributed by atoms with Crippen LogP contribution in [0.1, 0.15) is 76.7 Å². The number of aryl methyl sites for hydroxylation is 1. The number of aromatic nitrogens is 5. The maximum atomic E-state index is 13.7. The van der Waals surface area contributed by atoms with E-state index in [0.717, 1.165) is 72.2 Å². The lowest BCUT2D eigenvalue weighted by Gasteiger charge is -2.42. The average Bonchev–Trinajstić information content (AvgIpc) is 4.04. The molecule has 0 spiro atoms. The summed E-state index contributed by atoms with van der Waals surface area (Å²) >= 11 is 0. The molecule has 0 unspecified atom stereocenters. The number of benzene rings is 5. The van der Waals surface area contributed by atoms with Gasteiger partial charge in [-0.15, -0.1) is 10.2 Å². The van der Waals surface area contributed by atoms with Gasteiger partial charge in [0.2, 0.25) is 23.6 Å². The fraction of sp³-hybridized carbons (Fsp3) is 0.377. The zero-order valence-corrected chi connectivity index (χ0v) is 46.2. The Labute approximate surface area is 473 Å². The molecule has 5 heterocycles. The predicted molar refractivity (Wildman–Crippen MR) is 305 cm³/mol. The maximum Gasteiger partial charge on any atom is 0.405 e. The van der Waals surface area contributed by atoms with Crippen molar-refractivity contribution in [2.75, 3.05) is 74.5 Å². The zero-order valence-electron chi connectivity index (χ0n) is 46.2. The normalized spacial score (nSPS) is 15.9. The van der Waals surface area contributed by atoms with Gasteiger partial charge in [0.05, 0.1) is 36.3 Å². The van der Waals surface area contributed by atoms with Crippen LogP contribution in [0.25, 0.3) is 27.8 Å². The molecule has 426 valence electrons. The highest BCUT2D eigenvalue weighted by Gasteiger charge is 2.34. The molecular formula is C61H66F3N13O5. The topological polar surface area (TPSA) is 212 Å². The quantitative estimate of drug-likeness (QED) is 0.0676. The molecule has 3 aliphatic rings. The summed E-state index contributed by atoms with van der Waals surface area (Å²) in [5, 5.41) is 46.1. The first kappa shape index (κ1) is 56.5. The van der Waals surface area contributed by atoms with Crippen LogP contribution in [0.2, 0.25) is 0 Å². The number of hydrogen-bond acceptors (Lipinski definition) is 14. The van der Waals surface area contributed by atoms with E-state index in [0.29, 0.717) is 88.4 Å². The molecule has 18 nitrogen and oxygen atoms in total. The molecule has 3 amide bonds. The molecule has 82 heavy (non-hydrogen) atoms. The number of hydrogen-bond donors (Lipinski definition) is 4. The first-order valence-electron chi connectivity index (χ1n) is 27.7. The Balaban J connectivity index is 0.720. The Hall–Kier alpha value is -8.77. The number of nitriles is 1. The number of phenols is 2. The fourth-order valence-corrected chi connectivity index (χ4v) is 11.5. The summed E-state index contributed by atoms with van der Waals surface area (Å²) in [5.74, 6) is -0.278. The predicted octanol–water partition coefficient (Wildman–Crippen LogP) is 8.32. The highest BCUT2D eigenvalue weighted by atomic mass is 19.4. The number of phenolic OH excluding ortho intramolecular Hbond substituents is 2. The van der Waals surface area contributed by atoms with E-state index >= 15 is 0 Å². The Morgan fingerprint density at radius 1 is 0.829 bits per heavy atom. The Morgan fingerprint density at radius 3 is 2.26 bits per heavy atom. The van der Waals surface area contributed by atoms with Gasteiger partial charge in [-0.3, -0.25) is 23.9 Å². The summed E-state index contributed by atoms with van der Waals surface area (Å²) in [6.45, 7) is 7.50. The van der Waals surface area contributed by atoms with Crippen molar-refractivity contribution >= 4 is 45.9 Å². The molecule has 10 rings (SSSR count). The van der Waals surface area contributed by atoms with Crippen LogP contribution in [0, 0.1) is 24.2 Å². The Morgan fingerprint density at radius 2 is 1.54 bits per heavy atom. The minimum atomic E-state index is -4.65. The SMILES string of the molecule is CC(=O)N1CCN(c2nc(NCCC(=O)N3CCC(Cc4ccc(CN(C)Cc5ccc(-n6c(C(=O)NCC(F)(F)F)nnc6-c6cc(C)c(O)cc6O)cc5)cc4)CC3)nc3c2CCN(c2cccc4ccccc24)C3)C[C@H]1CC#N.